The average Bonchev–Trinajstić information content (AvgIpc) is 3.19. The Morgan fingerprint density at radius 1 is 1.12 bits per heavy atom. The molecule has 1 aromatic heterocycles. The van der Waals surface area contributed by atoms with Gasteiger partial charge in [0.25, 0.3) is 0 Å². The molecule has 4 heterocycles. The number of urea groups is 1. The smallest absolute Gasteiger partial charge is 0.320 e. The second-order valence-corrected chi connectivity index (χ2v) is 10.5. The first-order valence-corrected chi connectivity index (χ1v) is 11.6. The molecule has 0 aliphatic carbocycles. The van der Waals surface area contributed by atoms with Gasteiger partial charge in [0.15, 0.2) is 0 Å². The van der Waals surface area contributed by atoms with Gasteiger partial charge in [-0.05, 0) is 29.5 Å². The molecule has 3 aliphatic heterocycles. The van der Waals surface area contributed by atoms with Gasteiger partial charge in [-0.25, -0.2) is 4.79 Å². The molecule has 9 heteroatoms. The van der Waals surface area contributed by atoms with Crippen LogP contribution in [0.15, 0.2) is 28.7 Å². The van der Waals surface area contributed by atoms with E-state index in [4.69, 9.17) is 9.15 Å². The summed E-state index contributed by atoms with van der Waals surface area (Å²) >= 11 is 0. The topological polar surface area (TPSA) is 101 Å². The van der Waals surface area contributed by atoms with Gasteiger partial charge in [0.2, 0.25) is 17.7 Å². The predicted octanol–water partition coefficient (Wildman–Crippen LogP) is 2.43. The summed E-state index contributed by atoms with van der Waals surface area (Å²) in [5, 5.41) is 11.3. The summed E-state index contributed by atoms with van der Waals surface area (Å²) in [7, 11) is 0. The molecule has 0 bridgehead atoms. The van der Waals surface area contributed by atoms with Crippen LogP contribution in [0.5, 0.6) is 0 Å². The number of nitrogens with one attached hydrogen (secondary N) is 1. The zero-order valence-electron chi connectivity index (χ0n) is 19.4. The first kappa shape index (κ1) is 21.9. The second-order valence-electron chi connectivity index (χ2n) is 10.5. The van der Waals surface area contributed by atoms with Crippen LogP contribution >= 0.6 is 0 Å². The van der Waals surface area contributed by atoms with Crippen LogP contribution in [0.1, 0.15) is 44.6 Å². The van der Waals surface area contributed by atoms with Crippen LogP contribution in [-0.4, -0.2) is 76.9 Å². The van der Waals surface area contributed by atoms with Crippen LogP contribution in [0.25, 0.3) is 11.5 Å². The number of carbonyl (C=O) groups is 2. The molecular weight excluding hydrogens is 422 g/mol. The number of carbonyl (C=O) groups excluding carboxylic acids is 2. The summed E-state index contributed by atoms with van der Waals surface area (Å²) < 4.78 is 11.4. The average molecular weight is 454 g/mol. The number of hydrogen-bond acceptors (Lipinski definition) is 6. The molecular formula is C24H31N5O4. The minimum atomic E-state index is -0.109. The number of rotatable bonds is 3. The Morgan fingerprint density at radius 3 is 2.61 bits per heavy atom. The van der Waals surface area contributed by atoms with Gasteiger partial charge in [0.05, 0.1) is 12.1 Å². The highest BCUT2D eigenvalue weighted by atomic mass is 16.5. The van der Waals surface area contributed by atoms with E-state index < -0.39 is 0 Å². The van der Waals surface area contributed by atoms with Gasteiger partial charge in [0.1, 0.15) is 6.61 Å². The Balaban J connectivity index is 1.15. The minimum absolute atomic E-state index is 0.0118. The highest BCUT2D eigenvalue weighted by molar-refractivity contribution is 5.79. The summed E-state index contributed by atoms with van der Waals surface area (Å²) in [6, 6.07) is 8.10. The molecule has 2 aromatic rings. The largest absolute Gasteiger partial charge is 0.421 e. The Kier molecular flexibility index (Phi) is 5.60. The molecule has 9 nitrogen and oxygen atoms in total. The number of nitrogens with zero attached hydrogens (tertiary/aromatic N) is 4. The van der Waals surface area contributed by atoms with E-state index in [1.54, 1.807) is 0 Å². The first-order chi connectivity index (χ1) is 15.7. The van der Waals surface area contributed by atoms with Crippen molar-refractivity contribution in [3.8, 4) is 11.5 Å². The lowest BCUT2D eigenvalue weighted by Crippen LogP contribution is -2.63. The maximum Gasteiger partial charge on any atom is 0.320 e. The van der Waals surface area contributed by atoms with Crippen LogP contribution in [-0.2, 0) is 16.0 Å². The molecule has 0 radical (unpaired) electrons. The molecule has 0 saturated carbocycles. The van der Waals surface area contributed by atoms with Crippen molar-refractivity contribution >= 4 is 11.9 Å². The summed E-state index contributed by atoms with van der Waals surface area (Å²) in [6.07, 6.45) is 1.50. The Morgan fingerprint density at radius 2 is 1.88 bits per heavy atom. The molecule has 3 aliphatic rings. The number of amides is 3. The highest BCUT2D eigenvalue weighted by Gasteiger charge is 2.40. The molecule has 3 amide bonds. The zero-order chi connectivity index (χ0) is 23.2. The van der Waals surface area contributed by atoms with Crippen LogP contribution in [0.2, 0.25) is 0 Å². The minimum Gasteiger partial charge on any atom is -0.421 e. The van der Waals surface area contributed by atoms with Gasteiger partial charge >= 0.3 is 6.03 Å². The lowest BCUT2D eigenvalue weighted by molar-refractivity contribution is -0.139. The highest BCUT2D eigenvalue weighted by Crippen LogP contribution is 2.31. The third-order valence-electron chi connectivity index (χ3n) is 6.52. The van der Waals surface area contributed by atoms with Crippen molar-refractivity contribution in [2.24, 2.45) is 5.41 Å². The standard InChI is InChI=1S/C24H31N5O4/c1-24(2,3)10-21-26-27-22(33-21)16-6-4-15(5-7-16)17-11-29(12-17)23(31)28-9-8-19-18(13-28)25-20(30)14-32-19/h4-7,17-19H,8-14H2,1-3H3,(H,25,30)/t18-,19+/m1/s1. The molecule has 1 N–H and O–H groups in total. The number of likely N-dealkylation sites (tertiary alicyclic amines) is 2. The van der Waals surface area contributed by atoms with Crippen molar-refractivity contribution in [2.45, 2.75) is 51.7 Å². The molecule has 33 heavy (non-hydrogen) atoms. The van der Waals surface area contributed by atoms with Crippen LogP contribution < -0.4 is 5.32 Å². The monoisotopic (exact) mass is 453 g/mol. The third kappa shape index (κ3) is 4.73. The molecule has 0 spiro atoms. The van der Waals surface area contributed by atoms with E-state index in [1.165, 1.54) is 5.56 Å². The van der Waals surface area contributed by atoms with Crippen LogP contribution in [0, 0.1) is 5.41 Å². The van der Waals surface area contributed by atoms with E-state index in [-0.39, 0.29) is 36.1 Å². The van der Waals surface area contributed by atoms with Gasteiger partial charge in [-0.2, -0.15) is 0 Å². The number of ether oxygens (including phenoxy) is 1. The van der Waals surface area contributed by atoms with E-state index in [2.05, 4.69) is 48.4 Å². The van der Waals surface area contributed by atoms with E-state index >= 15 is 0 Å². The Labute approximate surface area is 193 Å². The SMILES string of the molecule is CC(C)(C)Cc1nnc(-c2ccc(C3CN(C(=O)N4CC[C@@H]5OCC(=O)N[C@@H]5C4)C3)cc2)o1. The fraction of sp³-hybridized carbons (Fsp3) is 0.583. The third-order valence-corrected chi connectivity index (χ3v) is 6.52. The maximum absolute atomic E-state index is 12.9. The van der Waals surface area contributed by atoms with E-state index in [0.717, 1.165) is 18.4 Å². The van der Waals surface area contributed by atoms with Gasteiger partial charge in [-0.1, -0.05) is 32.9 Å². The van der Waals surface area contributed by atoms with Crippen molar-refractivity contribution in [1.82, 2.24) is 25.3 Å². The number of hydrogen-bond donors (Lipinski definition) is 1. The summed E-state index contributed by atoms with van der Waals surface area (Å²) in [5.41, 5.74) is 2.19. The fourth-order valence-corrected chi connectivity index (χ4v) is 4.71. The van der Waals surface area contributed by atoms with Crippen molar-refractivity contribution in [1.29, 1.82) is 0 Å². The number of fused-ring (bicyclic) bond motifs is 1. The second kappa shape index (κ2) is 8.44. The van der Waals surface area contributed by atoms with E-state index in [9.17, 15) is 9.59 Å². The van der Waals surface area contributed by atoms with E-state index in [0.29, 0.717) is 43.9 Å². The normalized spacial score (nSPS) is 23.7. The van der Waals surface area contributed by atoms with Crippen LogP contribution in [0.3, 0.4) is 0 Å². The van der Waals surface area contributed by atoms with Crippen molar-refractivity contribution in [3.05, 3.63) is 35.7 Å². The van der Waals surface area contributed by atoms with E-state index in [1.807, 2.05) is 21.9 Å². The van der Waals surface area contributed by atoms with Crippen molar-refractivity contribution < 1.29 is 18.7 Å². The summed E-state index contributed by atoms with van der Waals surface area (Å²) in [6.45, 7) is 9.10. The predicted molar refractivity (Wildman–Crippen MR) is 120 cm³/mol. The van der Waals surface area contributed by atoms with Gasteiger partial charge in [-0.3, -0.25) is 4.79 Å². The summed E-state index contributed by atoms with van der Waals surface area (Å²) in [4.78, 5) is 28.2. The van der Waals surface area contributed by atoms with Gasteiger partial charge in [0, 0.05) is 44.1 Å². The number of morpholine rings is 1. The maximum atomic E-state index is 12.9. The lowest BCUT2D eigenvalue weighted by Gasteiger charge is -2.46. The molecule has 3 saturated heterocycles. The van der Waals surface area contributed by atoms with Gasteiger partial charge in [-0.15, -0.1) is 10.2 Å². The molecule has 0 unspecified atom stereocenters. The van der Waals surface area contributed by atoms with Crippen molar-refractivity contribution in [3.63, 3.8) is 0 Å². The number of piperidine rings is 1. The molecule has 1 aromatic carbocycles. The van der Waals surface area contributed by atoms with Crippen LogP contribution in [0.4, 0.5) is 4.79 Å². The molecule has 5 rings (SSSR count). The Hall–Kier alpha value is -2.94. The molecule has 3 fully saturated rings. The zero-order valence-corrected chi connectivity index (χ0v) is 19.4. The lowest BCUT2D eigenvalue weighted by atomic mass is 9.91. The first-order valence-electron chi connectivity index (χ1n) is 11.6. The van der Waals surface area contributed by atoms with Gasteiger partial charge < -0.3 is 24.3 Å². The molecule has 2 atom stereocenters. The van der Waals surface area contributed by atoms with Crippen molar-refractivity contribution in [2.75, 3.05) is 32.8 Å². The number of benzene rings is 1. The number of aromatic nitrogens is 2. The Bertz CT molecular complexity index is 1020. The fourth-order valence-electron chi connectivity index (χ4n) is 4.71. The molecule has 176 valence electrons. The summed E-state index contributed by atoms with van der Waals surface area (Å²) in [5.74, 6) is 1.40. The quantitative estimate of drug-likeness (QED) is 0.766.